The molecule has 0 saturated heterocycles. The Hall–Kier alpha value is -5.28. The molecular weight excluding hydrogens is 646 g/mol. The third kappa shape index (κ3) is 8.12. The van der Waals surface area contributed by atoms with E-state index >= 15 is 0 Å². The first-order valence-corrected chi connectivity index (χ1v) is 15.1. The minimum atomic E-state index is -4.29. The number of aliphatic carboxylic acids is 1. The Morgan fingerprint density at radius 1 is 1.15 bits per heavy atom. The number of rotatable bonds is 13. The van der Waals surface area contributed by atoms with Crippen LogP contribution >= 0.6 is 0 Å². The number of carbonyl (C=O) groups excluding carboxylic acids is 2. The van der Waals surface area contributed by atoms with Crippen LogP contribution in [0.2, 0.25) is 0 Å². The first-order valence-electron chi connectivity index (χ1n) is 13.6. The van der Waals surface area contributed by atoms with Crippen molar-refractivity contribution in [3.8, 4) is 11.3 Å². The molecule has 1 aliphatic heterocycles. The van der Waals surface area contributed by atoms with Gasteiger partial charge in [-0.25, -0.2) is 22.6 Å². The number of anilines is 1. The highest BCUT2D eigenvalue weighted by Gasteiger charge is 2.44. The SMILES string of the molecule is CC(=O)N[C@H]1[C@H]([C@H](O)[C@H](O)CO)OC(C(=O)O)=C[C@@H]1n1cc(-c2ccccc2NC(=O)CNS(=O)(=O)c2cccc([N+](=O)[O-])c2)nn1. The van der Waals surface area contributed by atoms with E-state index in [0.29, 0.717) is 5.56 Å². The number of para-hydroxylation sites is 1. The molecule has 7 N–H and O–H groups in total. The van der Waals surface area contributed by atoms with Gasteiger partial charge in [0.05, 0.1) is 46.9 Å². The van der Waals surface area contributed by atoms with Crippen molar-refractivity contribution >= 4 is 39.2 Å². The standard InChI is InChI=1S/C27H29N7O12S/c1-14(36)29-24-20(10-22(27(40)41)46-26(24)25(39)21(37)13-35)33-12-19(31-32-33)17-7-2-3-8-18(17)30-23(38)11-28-47(44,45)16-6-4-5-15(9-16)34(42)43/h2-10,12,20-21,24-26,28,35,37,39H,11,13H2,1H3,(H,29,36)(H,30,38)(H,40,41)/t20-,21+,24+,25+,26+/m0/s1. The molecule has 0 fully saturated rings. The zero-order valence-electron chi connectivity index (χ0n) is 24.3. The lowest BCUT2D eigenvalue weighted by Crippen LogP contribution is -2.58. The Balaban J connectivity index is 1.58. The molecule has 5 atom stereocenters. The molecule has 0 bridgehead atoms. The van der Waals surface area contributed by atoms with Crippen molar-refractivity contribution in [3.05, 3.63) is 76.7 Å². The van der Waals surface area contributed by atoms with E-state index in [0.717, 1.165) is 35.9 Å². The quantitative estimate of drug-likeness (QED) is 0.0836. The Morgan fingerprint density at radius 3 is 2.53 bits per heavy atom. The molecule has 1 aliphatic rings. The lowest BCUT2D eigenvalue weighted by atomic mass is 9.92. The molecule has 20 heteroatoms. The van der Waals surface area contributed by atoms with E-state index in [-0.39, 0.29) is 11.4 Å². The van der Waals surface area contributed by atoms with Gasteiger partial charge in [0.1, 0.15) is 24.0 Å². The maximum absolute atomic E-state index is 12.8. The molecule has 2 heterocycles. The number of ether oxygens (including phenoxy) is 1. The Bertz CT molecular complexity index is 1810. The van der Waals surface area contributed by atoms with Gasteiger partial charge in [-0.1, -0.05) is 29.5 Å². The van der Waals surface area contributed by atoms with Crippen LogP contribution in [0.3, 0.4) is 0 Å². The number of benzene rings is 2. The summed E-state index contributed by atoms with van der Waals surface area (Å²) in [6.45, 7) is -0.468. The molecule has 1 aromatic heterocycles. The van der Waals surface area contributed by atoms with Crippen LogP contribution in [0.25, 0.3) is 11.3 Å². The average molecular weight is 676 g/mol. The van der Waals surface area contributed by atoms with Gasteiger partial charge in [0.15, 0.2) is 0 Å². The maximum atomic E-state index is 12.8. The lowest BCUT2D eigenvalue weighted by Gasteiger charge is -2.39. The van der Waals surface area contributed by atoms with Gasteiger partial charge in [0.2, 0.25) is 27.6 Å². The molecule has 4 rings (SSSR count). The second-order valence-corrected chi connectivity index (χ2v) is 11.9. The fourth-order valence-corrected chi connectivity index (χ4v) is 5.67. The van der Waals surface area contributed by atoms with Crippen LogP contribution in [0, 0.1) is 10.1 Å². The molecule has 0 saturated carbocycles. The second-order valence-electron chi connectivity index (χ2n) is 10.1. The van der Waals surface area contributed by atoms with Gasteiger partial charge in [0.25, 0.3) is 5.69 Å². The lowest BCUT2D eigenvalue weighted by molar-refractivity contribution is -0.385. The number of nitrogens with zero attached hydrogens (tertiary/aromatic N) is 4. The first-order chi connectivity index (χ1) is 22.2. The van der Waals surface area contributed by atoms with E-state index in [4.69, 9.17) is 4.74 Å². The number of carboxylic acid groups (broad SMARTS) is 1. The van der Waals surface area contributed by atoms with Gasteiger partial charge < -0.3 is 35.8 Å². The number of amides is 2. The van der Waals surface area contributed by atoms with Gasteiger partial charge >= 0.3 is 5.97 Å². The van der Waals surface area contributed by atoms with E-state index in [9.17, 15) is 53.3 Å². The van der Waals surface area contributed by atoms with Crippen molar-refractivity contribution in [1.82, 2.24) is 25.0 Å². The van der Waals surface area contributed by atoms with Gasteiger partial charge in [-0.2, -0.15) is 0 Å². The molecule has 0 radical (unpaired) electrons. The monoisotopic (exact) mass is 675 g/mol. The molecule has 0 unspecified atom stereocenters. The summed E-state index contributed by atoms with van der Waals surface area (Å²) < 4.78 is 33.9. The zero-order valence-corrected chi connectivity index (χ0v) is 25.1. The van der Waals surface area contributed by atoms with E-state index in [1.165, 1.54) is 18.3 Å². The summed E-state index contributed by atoms with van der Waals surface area (Å²) in [6, 6.07) is 8.14. The number of aliphatic hydroxyl groups is 3. The predicted octanol–water partition coefficient (Wildman–Crippen LogP) is -1.10. The van der Waals surface area contributed by atoms with E-state index in [2.05, 4.69) is 25.7 Å². The summed E-state index contributed by atoms with van der Waals surface area (Å²) in [4.78, 5) is 46.5. The number of hydrogen-bond acceptors (Lipinski definition) is 13. The largest absolute Gasteiger partial charge is 0.478 e. The van der Waals surface area contributed by atoms with Crippen molar-refractivity contribution in [2.45, 2.75) is 42.2 Å². The van der Waals surface area contributed by atoms with Crippen molar-refractivity contribution < 1.29 is 52.9 Å². The number of hydrogen-bond donors (Lipinski definition) is 7. The van der Waals surface area contributed by atoms with Crippen LogP contribution in [0.4, 0.5) is 11.4 Å². The van der Waals surface area contributed by atoms with Crippen LogP contribution in [-0.4, -0.2) is 104 Å². The number of non-ortho nitro benzene ring substituents is 1. The van der Waals surface area contributed by atoms with Crippen LogP contribution in [-0.2, 0) is 29.1 Å². The summed E-state index contributed by atoms with van der Waals surface area (Å²) in [5.74, 6) is -3.56. The summed E-state index contributed by atoms with van der Waals surface area (Å²) in [6.07, 6.45) is -2.68. The van der Waals surface area contributed by atoms with Gasteiger partial charge in [-0.15, -0.1) is 5.10 Å². The molecule has 2 aromatic carbocycles. The topological polar surface area (TPSA) is 285 Å². The van der Waals surface area contributed by atoms with E-state index in [1.54, 1.807) is 18.2 Å². The van der Waals surface area contributed by atoms with Crippen LogP contribution in [0.1, 0.15) is 13.0 Å². The first kappa shape index (κ1) is 34.6. The van der Waals surface area contributed by atoms with Crippen molar-refractivity contribution in [1.29, 1.82) is 0 Å². The second kappa shape index (κ2) is 14.4. The molecule has 47 heavy (non-hydrogen) atoms. The number of sulfonamides is 1. The zero-order chi connectivity index (χ0) is 34.5. The number of nitro groups is 1. The highest BCUT2D eigenvalue weighted by atomic mass is 32.2. The summed E-state index contributed by atoms with van der Waals surface area (Å²) >= 11 is 0. The van der Waals surface area contributed by atoms with E-state index < -0.39 is 92.6 Å². The average Bonchev–Trinajstić information content (AvgIpc) is 3.53. The van der Waals surface area contributed by atoms with Crippen molar-refractivity contribution in [3.63, 3.8) is 0 Å². The molecule has 0 spiro atoms. The fraction of sp³-hybridized carbons (Fsp3) is 0.296. The minimum Gasteiger partial charge on any atom is -0.478 e. The van der Waals surface area contributed by atoms with E-state index in [1.807, 2.05) is 0 Å². The summed E-state index contributed by atoms with van der Waals surface area (Å²) in [5, 5.41) is 63.9. The normalized spacial score (nSPS) is 19.1. The minimum absolute atomic E-state index is 0.143. The van der Waals surface area contributed by atoms with Crippen LogP contribution in [0.5, 0.6) is 0 Å². The Morgan fingerprint density at radius 2 is 1.87 bits per heavy atom. The summed E-state index contributed by atoms with van der Waals surface area (Å²) in [5.41, 5.74) is 0.161. The van der Waals surface area contributed by atoms with Crippen LogP contribution < -0.4 is 15.4 Å². The molecule has 250 valence electrons. The smallest absolute Gasteiger partial charge is 0.370 e. The predicted molar refractivity (Wildman–Crippen MR) is 159 cm³/mol. The number of aromatic nitrogens is 3. The van der Waals surface area contributed by atoms with Crippen molar-refractivity contribution in [2.24, 2.45) is 0 Å². The van der Waals surface area contributed by atoms with Gasteiger partial charge in [0, 0.05) is 24.6 Å². The number of nitrogens with one attached hydrogen (secondary N) is 3. The third-order valence-electron chi connectivity index (χ3n) is 6.86. The molecule has 0 aliphatic carbocycles. The number of aliphatic hydroxyl groups excluding tert-OH is 3. The Kier molecular flexibility index (Phi) is 10.6. The number of carboxylic acids is 1. The molecule has 3 aromatic rings. The Labute approximate surface area is 265 Å². The fourth-order valence-electron chi connectivity index (χ4n) is 4.65. The highest BCUT2D eigenvalue weighted by Crippen LogP contribution is 2.32. The molecular formula is C27H29N7O12S. The molecule has 2 amide bonds. The third-order valence-corrected chi connectivity index (χ3v) is 8.26. The van der Waals surface area contributed by atoms with Gasteiger partial charge in [-0.3, -0.25) is 19.7 Å². The van der Waals surface area contributed by atoms with Crippen molar-refractivity contribution in [2.75, 3.05) is 18.5 Å². The molecule has 19 nitrogen and oxygen atoms in total. The van der Waals surface area contributed by atoms with Gasteiger partial charge in [-0.05, 0) is 18.2 Å². The highest BCUT2D eigenvalue weighted by molar-refractivity contribution is 7.89. The van der Waals surface area contributed by atoms with Crippen LogP contribution in [0.15, 0.2) is 71.5 Å². The number of carbonyl (C=O) groups is 3. The number of nitro benzene ring substituents is 1. The summed E-state index contributed by atoms with van der Waals surface area (Å²) in [7, 11) is -4.29. The maximum Gasteiger partial charge on any atom is 0.370 e.